The summed E-state index contributed by atoms with van der Waals surface area (Å²) in [6.07, 6.45) is 4.04. The lowest BCUT2D eigenvalue weighted by atomic mass is 10.1. The number of benzene rings is 1. The van der Waals surface area contributed by atoms with Crippen molar-refractivity contribution in [2.75, 3.05) is 23.5 Å². The molecule has 1 heterocycles. The molecular formula is C15H22N2S. The fourth-order valence-corrected chi connectivity index (χ4v) is 3.84. The molecule has 18 heavy (non-hydrogen) atoms. The van der Waals surface area contributed by atoms with E-state index >= 15 is 0 Å². The van der Waals surface area contributed by atoms with E-state index in [2.05, 4.69) is 53.3 Å². The van der Waals surface area contributed by atoms with Crippen molar-refractivity contribution in [3.05, 3.63) is 29.8 Å². The van der Waals surface area contributed by atoms with Crippen molar-refractivity contribution in [2.24, 2.45) is 0 Å². The summed E-state index contributed by atoms with van der Waals surface area (Å²) in [7, 11) is 2.26. The molecule has 1 aromatic carbocycles. The van der Waals surface area contributed by atoms with Crippen LogP contribution in [0.25, 0.3) is 0 Å². The summed E-state index contributed by atoms with van der Waals surface area (Å²) in [5.41, 5.74) is 2.86. The maximum atomic E-state index is 3.63. The van der Waals surface area contributed by atoms with E-state index in [1.807, 2.05) is 0 Å². The Morgan fingerprint density at radius 3 is 2.83 bits per heavy atom. The summed E-state index contributed by atoms with van der Waals surface area (Å²) in [4.78, 5) is 2.49. The fourth-order valence-electron chi connectivity index (χ4n) is 2.57. The Bertz CT molecular complexity index is 397. The number of rotatable bonds is 5. The lowest BCUT2D eigenvalue weighted by Crippen LogP contribution is -2.32. The highest BCUT2D eigenvalue weighted by atomic mass is 32.2. The minimum Gasteiger partial charge on any atom is -0.370 e. The van der Waals surface area contributed by atoms with Crippen molar-refractivity contribution in [1.82, 2.24) is 5.32 Å². The normalized spacial score (nSPS) is 23.3. The van der Waals surface area contributed by atoms with Crippen LogP contribution in [-0.4, -0.2) is 30.6 Å². The molecule has 1 aliphatic carbocycles. The predicted molar refractivity (Wildman–Crippen MR) is 80.4 cm³/mol. The second kappa shape index (κ2) is 5.54. The summed E-state index contributed by atoms with van der Waals surface area (Å²) >= 11 is 2.08. The lowest BCUT2D eigenvalue weighted by Gasteiger charge is -2.28. The number of hydrogen-bond acceptors (Lipinski definition) is 3. The largest absolute Gasteiger partial charge is 0.370 e. The second-order valence-corrected chi connectivity index (χ2v) is 6.56. The topological polar surface area (TPSA) is 15.3 Å². The molecule has 0 radical (unpaired) electrons. The van der Waals surface area contributed by atoms with E-state index in [4.69, 9.17) is 0 Å². The van der Waals surface area contributed by atoms with Crippen LogP contribution >= 0.6 is 11.8 Å². The molecule has 0 spiro atoms. The third-order valence-corrected chi connectivity index (χ3v) is 5.13. The van der Waals surface area contributed by atoms with E-state index in [1.165, 1.54) is 42.0 Å². The highest BCUT2D eigenvalue weighted by Crippen LogP contribution is 2.29. The van der Waals surface area contributed by atoms with Gasteiger partial charge in [-0.3, -0.25) is 0 Å². The number of para-hydroxylation sites is 1. The fraction of sp³-hybridized carbons (Fsp3) is 0.600. The smallest absolute Gasteiger partial charge is 0.0412 e. The molecule has 1 N–H and O–H groups in total. The van der Waals surface area contributed by atoms with Gasteiger partial charge in [-0.2, -0.15) is 11.8 Å². The van der Waals surface area contributed by atoms with Crippen LogP contribution in [-0.2, 0) is 6.54 Å². The van der Waals surface area contributed by atoms with Crippen molar-refractivity contribution in [2.45, 2.75) is 37.9 Å². The van der Waals surface area contributed by atoms with E-state index < -0.39 is 0 Å². The van der Waals surface area contributed by atoms with Gasteiger partial charge in [0.1, 0.15) is 0 Å². The van der Waals surface area contributed by atoms with Gasteiger partial charge in [-0.25, -0.2) is 0 Å². The van der Waals surface area contributed by atoms with Crippen LogP contribution in [0.15, 0.2) is 24.3 Å². The Morgan fingerprint density at radius 1 is 1.28 bits per heavy atom. The van der Waals surface area contributed by atoms with Crippen molar-refractivity contribution in [3.63, 3.8) is 0 Å². The monoisotopic (exact) mass is 262 g/mol. The van der Waals surface area contributed by atoms with Crippen LogP contribution in [0.5, 0.6) is 0 Å². The number of anilines is 1. The molecule has 2 aliphatic rings. The minimum absolute atomic E-state index is 0.720. The highest BCUT2D eigenvalue weighted by molar-refractivity contribution is 7.99. The molecule has 1 unspecified atom stereocenters. The van der Waals surface area contributed by atoms with Crippen LogP contribution in [0, 0.1) is 0 Å². The van der Waals surface area contributed by atoms with E-state index in [9.17, 15) is 0 Å². The molecule has 1 saturated carbocycles. The van der Waals surface area contributed by atoms with Crippen LogP contribution in [0.3, 0.4) is 0 Å². The van der Waals surface area contributed by atoms with Gasteiger partial charge >= 0.3 is 0 Å². The van der Waals surface area contributed by atoms with Crippen molar-refractivity contribution >= 4 is 17.4 Å². The predicted octanol–water partition coefficient (Wildman–Crippen LogP) is 2.88. The van der Waals surface area contributed by atoms with E-state index in [0.717, 1.165) is 18.6 Å². The van der Waals surface area contributed by atoms with Gasteiger partial charge in [0.25, 0.3) is 0 Å². The Labute approximate surface area is 114 Å². The highest BCUT2D eigenvalue weighted by Gasteiger charge is 2.23. The summed E-state index contributed by atoms with van der Waals surface area (Å²) in [5, 5.41) is 3.63. The Morgan fingerprint density at radius 2 is 2.11 bits per heavy atom. The summed E-state index contributed by atoms with van der Waals surface area (Å²) in [6.45, 7) is 1.02. The first kappa shape index (κ1) is 12.4. The van der Waals surface area contributed by atoms with Crippen molar-refractivity contribution in [3.8, 4) is 0 Å². The van der Waals surface area contributed by atoms with Crippen molar-refractivity contribution < 1.29 is 0 Å². The average molecular weight is 262 g/mol. The zero-order valence-electron chi connectivity index (χ0n) is 11.1. The van der Waals surface area contributed by atoms with Gasteiger partial charge in [0, 0.05) is 37.1 Å². The van der Waals surface area contributed by atoms with Crippen molar-refractivity contribution in [1.29, 1.82) is 0 Å². The van der Waals surface area contributed by atoms with Gasteiger partial charge in [0.15, 0.2) is 0 Å². The number of hydrogen-bond donors (Lipinski definition) is 1. The standard InChI is InChI=1S/C15H22N2S/c1-17(14-8-9-18-11-14)15-5-3-2-4-12(15)10-16-13-6-7-13/h2-5,13-14,16H,6-11H2,1H3. The summed E-state index contributed by atoms with van der Waals surface area (Å²) < 4.78 is 0. The van der Waals surface area contributed by atoms with Crippen LogP contribution in [0.1, 0.15) is 24.8 Å². The quantitative estimate of drug-likeness (QED) is 0.878. The molecule has 1 saturated heterocycles. The van der Waals surface area contributed by atoms with E-state index in [1.54, 1.807) is 0 Å². The lowest BCUT2D eigenvalue weighted by molar-refractivity contribution is 0.669. The van der Waals surface area contributed by atoms with Gasteiger partial charge in [0.05, 0.1) is 0 Å². The molecule has 1 atom stereocenters. The van der Waals surface area contributed by atoms with Crippen LogP contribution in [0.4, 0.5) is 5.69 Å². The van der Waals surface area contributed by atoms with Gasteiger partial charge in [-0.15, -0.1) is 0 Å². The maximum absolute atomic E-state index is 3.63. The molecule has 0 bridgehead atoms. The molecule has 3 heteroatoms. The maximum Gasteiger partial charge on any atom is 0.0412 e. The summed E-state index contributed by atoms with van der Waals surface area (Å²) in [6, 6.07) is 10.4. The molecule has 0 amide bonds. The SMILES string of the molecule is CN(c1ccccc1CNC1CC1)C1CCSC1. The zero-order valence-corrected chi connectivity index (χ0v) is 11.9. The molecule has 98 valence electrons. The molecule has 1 aliphatic heterocycles. The van der Waals surface area contributed by atoms with E-state index in [-0.39, 0.29) is 0 Å². The zero-order chi connectivity index (χ0) is 12.4. The van der Waals surface area contributed by atoms with Gasteiger partial charge in [-0.1, -0.05) is 18.2 Å². The molecule has 3 rings (SSSR count). The van der Waals surface area contributed by atoms with Gasteiger partial charge in [0.2, 0.25) is 0 Å². The first-order chi connectivity index (χ1) is 8.84. The third kappa shape index (κ3) is 2.83. The van der Waals surface area contributed by atoms with Gasteiger partial charge in [-0.05, 0) is 36.6 Å². The minimum atomic E-state index is 0.720. The molecule has 2 fully saturated rings. The first-order valence-electron chi connectivity index (χ1n) is 6.96. The Hall–Kier alpha value is -0.670. The number of nitrogens with one attached hydrogen (secondary N) is 1. The number of nitrogens with zero attached hydrogens (tertiary/aromatic N) is 1. The van der Waals surface area contributed by atoms with E-state index in [0.29, 0.717) is 0 Å². The molecule has 2 nitrogen and oxygen atoms in total. The summed E-state index contributed by atoms with van der Waals surface area (Å²) in [5.74, 6) is 2.60. The van der Waals surface area contributed by atoms with Crippen LogP contribution < -0.4 is 10.2 Å². The molecular weight excluding hydrogens is 240 g/mol. The molecule has 1 aromatic rings. The average Bonchev–Trinajstić information content (AvgIpc) is 3.08. The van der Waals surface area contributed by atoms with Gasteiger partial charge < -0.3 is 10.2 Å². The Kier molecular flexibility index (Phi) is 3.80. The Balaban J connectivity index is 1.71. The third-order valence-electron chi connectivity index (χ3n) is 3.98. The number of thioether (sulfide) groups is 1. The second-order valence-electron chi connectivity index (χ2n) is 5.41. The first-order valence-corrected chi connectivity index (χ1v) is 8.12. The molecule has 0 aromatic heterocycles. The van der Waals surface area contributed by atoms with Crippen LogP contribution in [0.2, 0.25) is 0 Å².